The van der Waals surface area contributed by atoms with Crippen molar-refractivity contribution in [1.29, 1.82) is 0 Å². The molecule has 1 heterocycles. The van der Waals surface area contributed by atoms with Crippen molar-refractivity contribution in [1.82, 2.24) is 4.90 Å². The molecule has 1 aliphatic rings. The van der Waals surface area contributed by atoms with E-state index < -0.39 is 30.2 Å². The molecule has 0 saturated heterocycles. The number of amides is 4. The summed E-state index contributed by atoms with van der Waals surface area (Å²) in [6.07, 6.45) is 0. The fraction of sp³-hybridized carbons (Fsp3) is 0.185. The van der Waals surface area contributed by atoms with Gasteiger partial charge in [0.2, 0.25) is 0 Å². The van der Waals surface area contributed by atoms with Crippen molar-refractivity contribution in [3.63, 3.8) is 0 Å². The molecule has 4 rings (SSSR count). The van der Waals surface area contributed by atoms with E-state index >= 15 is 0 Å². The molecule has 1 aliphatic heterocycles. The zero-order valence-electron chi connectivity index (χ0n) is 20.3. The molecule has 38 heavy (non-hydrogen) atoms. The Hall–Kier alpha value is -4.42. The van der Waals surface area contributed by atoms with E-state index in [9.17, 15) is 39.6 Å². The molecule has 0 spiro atoms. The van der Waals surface area contributed by atoms with Gasteiger partial charge in [0.25, 0.3) is 23.6 Å². The number of aliphatic hydroxyl groups is 4. The van der Waals surface area contributed by atoms with Gasteiger partial charge in [0.1, 0.15) is 0 Å². The van der Waals surface area contributed by atoms with Crippen molar-refractivity contribution < 1.29 is 39.6 Å². The van der Waals surface area contributed by atoms with Crippen molar-refractivity contribution in [3.8, 4) is 0 Å². The zero-order valence-corrected chi connectivity index (χ0v) is 20.3. The van der Waals surface area contributed by atoms with Crippen LogP contribution in [0.3, 0.4) is 0 Å². The van der Waals surface area contributed by atoms with Crippen LogP contribution in [0.5, 0.6) is 0 Å². The lowest BCUT2D eigenvalue weighted by Gasteiger charge is -2.14. The molecule has 0 atom stereocenters. The smallest absolute Gasteiger partial charge is 0.263 e. The summed E-state index contributed by atoms with van der Waals surface area (Å²) in [5, 5.41) is 43.1. The van der Waals surface area contributed by atoms with Gasteiger partial charge in [0.15, 0.2) is 0 Å². The maximum Gasteiger partial charge on any atom is 0.263 e. The van der Waals surface area contributed by atoms with E-state index in [0.29, 0.717) is 22.3 Å². The van der Waals surface area contributed by atoms with Crippen LogP contribution in [0.4, 0.5) is 11.4 Å². The number of fused-ring (bicyclic) bond motifs is 1. The van der Waals surface area contributed by atoms with Crippen molar-refractivity contribution in [3.05, 3.63) is 93.0 Å². The van der Waals surface area contributed by atoms with Crippen LogP contribution >= 0.6 is 0 Å². The molecule has 0 fully saturated rings. The number of imide groups is 1. The molecule has 0 aromatic heterocycles. The van der Waals surface area contributed by atoms with Crippen molar-refractivity contribution >= 4 is 35.0 Å². The Labute approximate surface area is 217 Å². The second-order valence-corrected chi connectivity index (χ2v) is 8.62. The molecule has 0 saturated carbocycles. The summed E-state index contributed by atoms with van der Waals surface area (Å²) in [6.45, 7) is -1.41. The van der Waals surface area contributed by atoms with Gasteiger partial charge in [0, 0.05) is 23.9 Å². The maximum atomic E-state index is 13.0. The summed E-state index contributed by atoms with van der Waals surface area (Å²) in [6, 6.07) is 11.4. The van der Waals surface area contributed by atoms with Crippen LogP contribution < -0.4 is 10.6 Å². The van der Waals surface area contributed by atoms with Gasteiger partial charge in [-0.1, -0.05) is 12.1 Å². The molecule has 0 bridgehead atoms. The van der Waals surface area contributed by atoms with E-state index in [-0.39, 0.29) is 53.4 Å². The Bertz CT molecular complexity index is 1470. The number of anilines is 2. The number of nitrogens with one attached hydrogen (secondary N) is 2. The molecule has 196 valence electrons. The molecule has 6 N–H and O–H groups in total. The molecule has 3 aromatic rings. The van der Waals surface area contributed by atoms with Crippen LogP contribution in [0.15, 0.2) is 48.5 Å². The number of hydrogen-bond donors (Lipinski definition) is 6. The third-order valence-electron chi connectivity index (χ3n) is 6.32. The maximum absolute atomic E-state index is 13.0. The predicted octanol–water partition coefficient (Wildman–Crippen LogP) is 1.39. The Kier molecular flexibility index (Phi) is 7.65. The lowest BCUT2D eigenvalue weighted by atomic mass is 10.0. The first kappa shape index (κ1) is 26.6. The van der Waals surface area contributed by atoms with Crippen LogP contribution in [0.2, 0.25) is 0 Å². The number of carbonyl (C=O) groups is 4. The topological polar surface area (TPSA) is 176 Å². The average molecular weight is 520 g/mol. The predicted molar refractivity (Wildman–Crippen MR) is 135 cm³/mol. The van der Waals surface area contributed by atoms with Crippen molar-refractivity contribution in [2.75, 3.05) is 17.7 Å². The zero-order chi connectivity index (χ0) is 27.6. The summed E-state index contributed by atoms with van der Waals surface area (Å²) < 4.78 is 0. The summed E-state index contributed by atoms with van der Waals surface area (Å²) >= 11 is 0. The highest BCUT2D eigenvalue weighted by Gasteiger charge is 2.36. The number of aliphatic hydroxyl groups excluding tert-OH is 4. The third kappa shape index (κ3) is 4.91. The monoisotopic (exact) mass is 519 g/mol. The van der Waals surface area contributed by atoms with E-state index in [0.717, 1.165) is 4.90 Å². The minimum Gasteiger partial charge on any atom is -0.392 e. The van der Waals surface area contributed by atoms with Crippen LogP contribution in [0, 0.1) is 0 Å². The van der Waals surface area contributed by atoms with Gasteiger partial charge >= 0.3 is 0 Å². The first-order chi connectivity index (χ1) is 18.2. The van der Waals surface area contributed by atoms with Crippen LogP contribution in [-0.2, 0) is 26.4 Å². The van der Waals surface area contributed by atoms with E-state index in [1.165, 1.54) is 55.6 Å². The summed E-state index contributed by atoms with van der Waals surface area (Å²) in [5.41, 5.74) is 2.04. The SMILES string of the molecule is CN1C(=O)c2cc(NC(=O)c3ccc(CO)c(CO)c3)cc(NC(=O)c3ccc(CO)c(CO)c3)c2C1=O. The number of rotatable bonds is 8. The first-order valence-corrected chi connectivity index (χ1v) is 11.5. The van der Waals surface area contributed by atoms with Gasteiger partial charge in [-0.25, -0.2) is 0 Å². The Morgan fingerprint density at radius 3 is 1.68 bits per heavy atom. The lowest BCUT2D eigenvalue weighted by molar-refractivity contribution is 0.0693. The van der Waals surface area contributed by atoms with Gasteiger partial charge in [-0.2, -0.15) is 0 Å². The van der Waals surface area contributed by atoms with Crippen molar-refractivity contribution in [2.24, 2.45) is 0 Å². The molecule has 11 heteroatoms. The Morgan fingerprint density at radius 2 is 1.18 bits per heavy atom. The van der Waals surface area contributed by atoms with E-state index in [4.69, 9.17) is 0 Å². The molecular formula is C27H25N3O8. The Balaban J connectivity index is 1.69. The number of hydrogen-bond acceptors (Lipinski definition) is 8. The normalized spacial score (nSPS) is 12.5. The fourth-order valence-electron chi connectivity index (χ4n) is 4.19. The van der Waals surface area contributed by atoms with Gasteiger partial charge in [-0.05, 0) is 58.7 Å². The van der Waals surface area contributed by atoms with Gasteiger partial charge in [-0.15, -0.1) is 0 Å². The summed E-state index contributed by atoms with van der Waals surface area (Å²) in [4.78, 5) is 52.4. The Morgan fingerprint density at radius 1 is 0.684 bits per heavy atom. The van der Waals surface area contributed by atoms with Gasteiger partial charge in [-0.3, -0.25) is 24.1 Å². The van der Waals surface area contributed by atoms with Gasteiger partial charge in [0.05, 0.1) is 43.2 Å². The number of benzene rings is 3. The molecule has 4 amide bonds. The second-order valence-electron chi connectivity index (χ2n) is 8.62. The molecule has 3 aromatic carbocycles. The highest BCUT2D eigenvalue weighted by Crippen LogP contribution is 2.33. The number of nitrogens with zero attached hydrogens (tertiary/aromatic N) is 1. The molecule has 0 radical (unpaired) electrons. The van der Waals surface area contributed by atoms with Crippen LogP contribution in [-0.4, -0.2) is 56.0 Å². The largest absolute Gasteiger partial charge is 0.392 e. The third-order valence-corrected chi connectivity index (χ3v) is 6.32. The minimum absolute atomic E-state index is 0.00559. The van der Waals surface area contributed by atoms with E-state index in [2.05, 4.69) is 10.6 Å². The molecular weight excluding hydrogens is 494 g/mol. The first-order valence-electron chi connectivity index (χ1n) is 11.5. The molecule has 11 nitrogen and oxygen atoms in total. The van der Waals surface area contributed by atoms with Gasteiger partial charge < -0.3 is 31.1 Å². The summed E-state index contributed by atoms with van der Waals surface area (Å²) in [5.74, 6) is -2.46. The van der Waals surface area contributed by atoms with E-state index in [1.807, 2.05) is 0 Å². The molecule has 0 unspecified atom stereocenters. The lowest BCUT2D eigenvalue weighted by Crippen LogP contribution is -2.24. The van der Waals surface area contributed by atoms with E-state index in [1.54, 1.807) is 0 Å². The quantitative estimate of drug-likeness (QED) is 0.242. The minimum atomic E-state index is -0.642. The van der Waals surface area contributed by atoms with Crippen molar-refractivity contribution in [2.45, 2.75) is 26.4 Å². The molecule has 0 aliphatic carbocycles. The number of carbonyl (C=O) groups excluding carboxylic acids is 4. The average Bonchev–Trinajstić information content (AvgIpc) is 3.15. The fourth-order valence-corrected chi connectivity index (χ4v) is 4.19. The standard InChI is InChI=1S/C27H25N3O8/c1-30-26(37)21-8-20(28-24(35)14-2-4-16(10-31)18(6-14)12-33)9-22(23(21)27(30)38)29-25(36)15-3-5-17(11-32)19(7-15)13-34/h2-9,31-34H,10-13H2,1H3,(H,28,35)(H,29,36). The highest BCUT2D eigenvalue weighted by atomic mass is 16.3. The summed E-state index contributed by atoms with van der Waals surface area (Å²) in [7, 11) is 1.30. The van der Waals surface area contributed by atoms with Crippen LogP contribution in [0.1, 0.15) is 63.7 Å². The van der Waals surface area contributed by atoms with Crippen LogP contribution in [0.25, 0.3) is 0 Å². The highest BCUT2D eigenvalue weighted by molar-refractivity contribution is 6.25. The second kappa shape index (κ2) is 10.9.